The summed E-state index contributed by atoms with van der Waals surface area (Å²) >= 11 is 0. The summed E-state index contributed by atoms with van der Waals surface area (Å²) in [6.45, 7) is 0. The van der Waals surface area contributed by atoms with Gasteiger partial charge >= 0.3 is 5.97 Å². The Kier molecular flexibility index (Phi) is 1.80. The molecular formula is C12H11NO3. The normalized spacial score (nSPS) is 18.2. The molecule has 16 heavy (non-hydrogen) atoms. The molecule has 2 heterocycles. The molecule has 2 aromatic heterocycles. The van der Waals surface area contributed by atoms with Crippen LogP contribution in [0.25, 0.3) is 11.0 Å². The maximum atomic E-state index is 11.4. The summed E-state index contributed by atoms with van der Waals surface area (Å²) in [6.07, 6.45) is 7.22. The molecule has 0 atom stereocenters. The highest BCUT2D eigenvalue weighted by atomic mass is 16.4. The number of aliphatic carboxylic acids is 1. The molecule has 0 amide bonds. The van der Waals surface area contributed by atoms with Crippen molar-refractivity contribution in [2.75, 3.05) is 0 Å². The van der Waals surface area contributed by atoms with Gasteiger partial charge in [0.2, 0.25) is 0 Å². The van der Waals surface area contributed by atoms with Gasteiger partial charge in [0, 0.05) is 23.3 Å². The molecule has 0 bridgehead atoms. The zero-order chi connectivity index (χ0) is 11.2. The number of hydrogen-bond donors (Lipinski definition) is 1. The zero-order valence-electron chi connectivity index (χ0n) is 8.64. The van der Waals surface area contributed by atoms with Crippen LogP contribution in [0.15, 0.2) is 29.1 Å². The predicted molar refractivity (Wildman–Crippen MR) is 57.2 cm³/mol. The minimum atomic E-state index is -0.759. The topological polar surface area (TPSA) is 63.3 Å². The lowest BCUT2D eigenvalue weighted by atomic mass is 9.64. The number of fused-ring (bicyclic) bond motifs is 1. The summed E-state index contributed by atoms with van der Waals surface area (Å²) in [5.74, 6) is -0.759. The summed E-state index contributed by atoms with van der Waals surface area (Å²) in [4.78, 5) is 15.4. The number of carboxylic acid groups (broad SMARTS) is 1. The van der Waals surface area contributed by atoms with Gasteiger partial charge in [0.05, 0.1) is 11.7 Å². The van der Waals surface area contributed by atoms with Crippen molar-refractivity contribution in [2.45, 2.75) is 24.7 Å². The molecule has 1 saturated carbocycles. The van der Waals surface area contributed by atoms with Crippen LogP contribution in [0.5, 0.6) is 0 Å². The second-order valence-electron chi connectivity index (χ2n) is 4.26. The van der Waals surface area contributed by atoms with Crippen LogP contribution >= 0.6 is 0 Å². The fourth-order valence-electron chi connectivity index (χ4n) is 2.37. The van der Waals surface area contributed by atoms with Crippen molar-refractivity contribution >= 4 is 16.9 Å². The minimum absolute atomic E-state index is 0.686. The van der Waals surface area contributed by atoms with E-state index in [2.05, 4.69) is 4.98 Å². The lowest BCUT2D eigenvalue weighted by molar-refractivity contribution is -0.147. The van der Waals surface area contributed by atoms with Crippen LogP contribution in [0, 0.1) is 0 Å². The Labute approximate surface area is 91.9 Å². The monoisotopic (exact) mass is 217 g/mol. The molecule has 1 aliphatic rings. The third-order valence-electron chi connectivity index (χ3n) is 3.51. The molecule has 0 radical (unpaired) electrons. The summed E-state index contributed by atoms with van der Waals surface area (Å²) in [6, 6.07) is 1.76. The van der Waals surface area contributed by atoms with E-state index in [0.29, 0.717) is 18.4 Å². The number of carboxylic acids is 1. The third kappa shape index (κ3) is 1.04. The van der Waals surface area contributed by atoms with Crippen molar-refractivity contribution in [3.8, 4) is 0 Å². The standard InChI is InChI=1S/C12H11NO3/c14-11(15)12(3-1-4-12)9-7-16-10-2-5-13-6-8(9)10/h2,5-7H,1,3-4H2,(H,14,15). The fourth-order valence-corrected chi connectivity index (χ4v) is 2.37. The lowest BCUT2D eigenvalue weighted by Crippen LogP contribution is -2.42. The Balaban J connectivity index is 2.22. The number of furan rings is 1. The number of aromatic nitrogens is 1. The quantitative estimate of drug-likeness (QED) is 0.838. The molecule has 0 aliphatic heterocycles. The maximum absolute atomic E-state index is 11.4. The van der Waals surface area contributed by atoms with Gasteiger partial charge < -0.3 is 9.52 Å². The molecular weight excluding hydrogens is 206 g/mol. The van der Waals surface area contributed by atoms with Crippen molar-refractivity contribution in [1.82, 2.24) is 4.98 Å². The predicted octanol–water partition coefficient (Wildman–Crippen LogP) is 2.33. The number of nitrogens with zero attached hydrogens (tertiary/aromatic N) is 1. The van der Waals surface area contributed by atoms with Crippen LogP contribution in [-0.2, 0) is 10.2 Å². The van der Waals surface area contributed by atoms with Crippen LogP contribution in [0.1, 0.15) is 24.8 Å². The average molecular weight is 217 g/mol. The second-order valence-corrected chi connectivity index (χ2v) is 4.26. The molecule has 0 unspecified atom stereocenters. The van der Waals surface area contributed by atoms with Crippen molar-refractivity contribution in [2.24, 2.45) is 0 Å². The summed E-state index contributed by atoms with van der Waals surface area (Å²) in [5, 5.41) is 10.2. The van der Waals surface area contributed by atoms with Gasteiger partial charge in [-0.25, -0.2) is 0 Å². The first-order valence-electron chi connectivity index (χ1n) is 5.29. The van der Waals surface area contributed by atoms with E-state index in [9.17, 15) is 9.90 Å². The van der Waals surface area contributed by atoms with Gasteiger partial charge in [-0.1, -0.05) is 6.42 Å². The highest BCUT2D eigenvalue weighted by molar-refractivity contribution is 5.91. The molecule has 4 heteroatoms. The van der Waals surface area contributed by atoms with E-state index in [1.807, 2.05) is 0 Å². The first-order valence-corrected chi connectivity index (χ1v) is 5.29. The van der Waals surface area contributed by atoms with Gasteiger partial charge in [0.15, 0.2) is 0 Å². The largest absolute Gasteiger partial charge is 0.481 e. The smallest absolute Gasteiger partial charge is 0.314 e. The van der Waals surface area contributed by atoms with Gasteiger partial charge in [-0.15, -0.1) is 0 Å². The van der Waals surface area contributed by atoms with Gasteiger partial charge in [0.25, 0.3) is 0 Å². The van der Waals surface area contributed by atoms with Crippen LogP contribution in [0.4, 0.5) is 0 Å². The van der Waals surface area contributed by atoms with E-state index < -0.39 is 11.4 Å². The number of hydrogen-bond acceptors (Lipinski definition) is 3. The van der Waals surface area contributed by atoms with Crippen molar-refractivity contribution in [1.29, 1.82) is 0 Å². The van der Waals surface area contributed by atoms with Crippen molar-refractivity contribution in [3.63, 3.8) is 0 Å². The SMILES string of the molecule is O=C(O)C1(c2coc3ccncc23)CCC1. The highest BCUT2D eigenvalue weighted by Crippen LogP contribution is 2.46. The average Bonchev–Trinajstić information content (AvgIpc) is 2.61. The molecule has 1 aliphatic carbocycles. The summed E-state index contributed by atoms with van der Waals surface area (Å²) in [7, 11) is 0. The maximum Gasteiger partial charge on any atom is 0.314 e. The lowest BCUT2D eigenvalue weighted by Gasteiger charge is -2.37. The van der Waals surface area contributed by atoms with Gasteiger partial charge in [-0.2, -0.15) is 0 Å². The Morgan fingerprint density at radius 2 is 2.31 bits per heavy atom. The van der Waals surface area contributed by atoms with E-state index in [0.717, 1.165) is 17.4 Å². The first kappa shape index (κ1) is 9.39. The van der Waals surface area contributed by atoms with Gasteiger partial charge in [0.1, 0.15) is 5.58 Å². The molecule has 4 nitrogen and oxygen atoms in total. The first-order chi connectivity index (χ1) is 7.74. The fraction of sp³-hybridized carbons (Fsp3) is 0.333. The van der Waals surface area contributed by atoms with E-state index in [-0.39, 0.29) is 0 Å². The van der Waals surface area contributed by atoms with Gasteiger partial charge in [-0.05, 0) is 18.9 Å². The van der Waals surface area contributed by atoms with E-state index in [1.54, 1.807) is 24.7 Å². The Morgan fingerprint density at radius 3 is 2.94 bits per heavy atom. The molecule has 2 aromatic rings. The van der Waals surface area contributed by atoms with Gasteiger partial charge in [-0.3, -0.25) is 9.78 Å². The van der Waals surface area contributed by atoms with Crippen LogP contribution in [0.3, 0.4) is 0 Å². The van der Waals surface area contributed by atoms with Crippen molar-refractivity contribution < 1.29 is 14.3 Å². The van der Waals surface area contributed by atoms with E-state index >= 15 is 0 Å². The Morgan fingerprint density at radius 1 is 1.50 bits per heavy atom. The number of rotatable bonds is 2. The summed E-state index contributed by atoms with van der Waals surface area (Å²) in [5.41, 5.74) is 0.737. The second kappa shape index (κ2) is 3.07. The minimum Gasteiger partial charge on any atom is -0.481 e. The highest BCUT2D eigenvalue weighted by Gasteiger charge is 2.47. The molecule has 0 aromatic carbocycles. The Bertz CT molecular complexity index is 554. The number of pyridine rings is 1. The van der Waals surface area contributed by atoms with E-state index in [1.165, 1.54) is 0 Å². The zero-order valence-corrected chi connectivity index (χ0v) is 8.64. The molecule has 1 N–H and O–H groups in total. The third-order valence-corrected chi connectivity index (χ3v) is 3.51. The number of carbonyl (C=O) groups is 1. The molecule has 0 spiro atoms. The van der Waals surface area contributed by atoms with Crippen LogP contribution in [-0.4, -0.2) is 16.1 Å². The summed E-state index contributed by atoms with van der Waals surface area (Å²) < 4.78 is 5.38. The molecule has 0 saturated heterocycles. The molecule has 1 fully saturated rings. The Hall–Kier alpha value is -1.84. The van der Waals surface area contributed by atoms with Crippen LogP contribution in [0.2, 0.25) is 0 Å². The van der Waals surface area contributed by atoms with Crippen molar-refractivity contribution in [3.05, 3.63) is 30.3 Å². The molecule has 3 rings (SSSR count). The van der Waals surface area contributed by atoms with Crippen LogP contribution < -0.4 is 0 Å². The molecule has 82 valence electrons. The van der Waals surface area contributed by atoms with E-state index in [4.69, 9.17) is 4.42 Å².